The van der Waals surface area contributed by atoms with E-state index in [1.165, 1.54) is 24.7 Å². The van der Waals surface area contributed by atoms with Gasteiger partial charge in [0.2, 0.25) is 0 Å². The Morgan fingerprint density at radius 1 is 1.17 bits per heavy atom. The SMILES string of the molecule is CN=CC(=CN)c1ccc(CNc2cc(-c3cnc4cc(F)ccn34)ncn2)cc1. The number of imidazole rings is 1. The maximum atomic E-state index is 13.4. The molecule has 8 heteroatoms. The van der Waals surface area contributed by atoms with Gasteiger partial charge in [-0.2, -0.15) is 0 Å². The molecule has 0 spiro atoms. The molecule has 0 fully saturated rings. The number of hydrogen-bond donors (Lipinski definition) is 2. The Labute approximate surface area is 172 Å². The second kappa shape index (κ2) is 8.52. The molecular formula is C22H20FN7. The highest BCUT2D eigenvalue weighted by atomic mass is 19.1. The monoisotopic (exact) mass is 401 g/mol. The van der Waals surface area contributed by atoms with Crippen LogP contribution in [-0.2, 0) is 6.54 Å². The molecule has 0 atom stereocenters. The van der Waals surface area contributed by atoms with E-state index in [-0.39, 0.29) is 5.82 Å². The third-order valence-electron chi connectivity index (χ3n) is 4.61. The van der Waals surface area contributed by atoms with Gasteiger partial charge in [0.15, 0.2) is 0 Å². The van der Waals surface area contributed by atoms with Crippen molar-refractivity contribution in [3.8, 4) is 11.4 Å². The lowest BCUT2D eigenvalue weighted by Gasteiger charge is -2.08. The molecule has 0 amide bonds. The highest BCUT2D eigenvalue weighted by Gasteiger charge is 2.09. The van der Waals surface area contributed by atoms with Gasteiger partial charge in [0, 0.05) is 49.9 Å². The average molecular weight is 401 g/mol. The number of rotatable bonds is 6. The van der Waals surface area contributed by atoms with E-state index in [2.05, 4.69) is 25.3 Å². The molecule has 3 heterocycles. The molecular weight excluding hydrogens is 381 g/mol. The minimum atomic E-state index is -0.327. The number of aromatic nitrogens is 4. The van der Waals surface area contributed by atoms with Crippen molar-refractivity contribution in [2.24, 2.45) is 10.7 Å². The smallest absolute Gasteiger partial charge is 0.140 e. The topological polar surface area (TPSA) is 93.5 Å². The summed E-state index contributed by atoms with van der Waals surface area (Å²) < 4.78 is 15.2. The summed E-state index contributed by atoms with van der Waals surface area (Å²) in [7, 11) is 1.71. The molecule has 0 radical (unpaired) electrons. The Morgan fingerprint density at radius 3 is 2.77 bits per heavy atom. The molecule has 0 aliphatic carbocycles. The summed E-state index contributed by atoms with van der Waals surface area (Å²) in [5.41, 5.74) is 10.6. The molecule has 150 valence electrons. The lowest BCUT2D eigenvalue weighted by molar-refractivity contribution is 0.626. The van der Waals surface area contributed by atoms with Crippen LogP contribution in [-0.4, -0.2) is 32.6 Å². The van der Waals surface area contributed by atoms with Crippen LogP contribution >= 0.6 is 0 Å². The third kappa shape index (κ3) is 4.02. The van der Waals surface area contributed by atoms with Crippen LogP contribution in [0.3, 0.4) is 0 Å². The van der Waals surface area contributed by atoms with Gasteiger partial charge in [-0.3, -0.25) is 9.39 Å². The number of benzene rings is 1. The molecule has 3 aromatic heterocycles. The fourth-order valence-corrected chi connectivity index (χ4v) is 3.10. The van der Waals surface area contributed by atoms with Crippen molar-refractivity contribution in [3.63, 3.8) is 0 Å². The van der Waals surface area contributed by atoms with Crippen LogP contribution in [0.2, 0.25) is 0 Å². The normalized spacial score (nSPS) is 12.0. The van der Waals surface area contributed by atoms with Crippen molar-refractivity contribution in [2.45, 2.75) is 6.54 Å². The van der Waals surface area contributed by atoms with Crippen LogP contribution < -0.4 is 11.1 Å². The first-order valence-electron chi connectivity index (χ1n) is 9.30. The first-order chi connectivity index (χ1) is 14.7. The zero-order valence-corrected chi connectivity index (χ0v) is 16.3. The van der Waals surface area contributed by atoms with E-state index in [1.54, 1.807) is 30.1 Å². The average Bonchev–Trinajstić information content (AvgIpc) is 3.20. The molecule has 0 saturated heterocycles. The molecule has 7 nitrogen and oxygen atoms in total. The Morgan fingerprint density at radius 2 is 2.00 bits per heavy atom. The Kier molecular flexibility index (Phi) is 5.47. The van der Waals surface area contributed by atoms with Crippen LogP contribution in [0.5, 0.6) is 0 Å². The van der Waals surface area contributed by atoms with Gasteiger partial charge < -0.3 is 11.1 Å². The van der Waals surface area contributed by atoms with E-state index in [4.69, 9.17) is 5.73 Å². The number of anilines is 1. The summed E-state index contributed by atoms with van der Waals surface area (Å²) in [6, 6.07) is 12.7. The van der Waals surface area contributed by atoms with Gasteiger partial charge in [-0.05, 0) is 17.2 Å². The van der Waals surface area contributed by atoms with Gasteiger partial charge in [0.05, 0.1) is 17.6 Å². The molecule has 0 unspecified atom stereocenters. The number of nitrogens with zero attached hydrogens (tertiary/aromatic N) is 5. The van der Waals surface area contributed by atoms with Gasteiger partial charge in [-0.25, -0.2) is 19.3 Å². The van der Waals surface area contributed by atoms with Crippen LogP contribution in [0.4, 0.5) is 10.2 Å². The van der Waals surface area contributed by atoms with Gasteiger partial charge in [-0.1, -0.05) is 24.3 Å². The molecule has 4 aromatic rings. The summed E-state index contributed by atoms with van der Waals surface area (Å²) in [5, 5.41) is 3.30. The summed E-state index contributed by atoms with van der Waals surface area (Å²) >= 11 is 0. The number of halogens is 1. The van der Waals surface area contributed by atoms with Crippen molar-refractivity contribution in [1.82, 2.24) is 19.4 Å². The lowest BCUT2D eigenvalue weighted by atomic mass is 10.1. The molecule has 4 rings (SSSR count). The fourth-order valence-electron chi connectivity index (χ4n) is 3.10. The van der Waals surface area contributed by atoms with E-state index in [0.717, 1.165) is 22.4 Å². The summed E-state index contributed by atoms with van der Waals surface area (Å²) in [5.74, 6) is 0.355. The third-order valence-corrected chi connectivity index (χ3v) is 4.61. The van der Waals surface area contributed by atoms with E-state index >= 15 is 0 Å². The number of pyridine rings is 1. The highest BCUT2D eigenvalue weighted by molar-refractivity contribution is 6.09. The van der Waals surface area contributed by atoms with E-state index in [0.29, 0.717) is 23.7 Å². The van der Waals surface area contributed by atoms with Crippen LogP contribution in [0.15, 0.2) is 72.4 Å². The maximum Gasteiger partial charge on any atom is 0.140 e. The molecule has 0 aliphatic rings. The van der Waals surface area contributed by atoms with E-state index in [1.807, 2.05) is 30.3 Å². The van der Waals surface area contributed by atoms with Crippen molar-refractivity contribution < 1.29 is 4.39 Å². The number of nitrogens with two attached hydrogens (primary N) is 1. The second-order valence-electron chi connectivity index (χ2n) is 6.56. The Hall–Kier alpha value is -4.07. The summed E-state index contributed by atoms with van der Waals surface area (Å²) in [4.78, 5) is 16.9. The first-order valence-corrected chi connectivity index (χ1v) is 9.30. The summed E-state index contributed by atoms with van der Waals surface area (Å²) in [6.07, 6.45) is 8.06. The Bertz CT molecular complexity index is 1230. The van der Waals surface area contributed by atoms with Gasteiger partial charge >= 0.3 is 0 Å². The van der Waals surface area contributed by atoms with Crippen molar-refractivity contribution in [3.05, 3.63) is 84.3 Å². The largest absolute Gasteiger partial charge is 0.404 e. The maximum absolute atomic E-state index is 13.4. The molecule has 0 aliphatic heterocycles. The van der Waals surface area contributed by atoms with Crippen LogP contribution in [0.1, 0.15) is 11.1 Å². The van der Waals surface area contributed by atoms with E-state index in [9.17, 15) is 4.39 Å². The van der Waals surface area contributed by atoms with E-state index < -0.39 is 0 Å². The predicted molar refractivity (Wildman–Crippen MR) is 117 cm³/mol. The standard InChI is InChI=1S/C22H20FN7/c1-25-12-17(10-24)16-4-2-15(3-5-16)11-26-21-9-19(28-14-29-21)20-13-27-22-8-18(23)6-7-30(20)22/h2-10,12-14H,11,24H2,1H3,(H,26,28,29). The molecule has 0 saturated carbocycles. The second-order valence-corrected chi connectivity index (χ2v) is 6.56. The van der Waals surface area contributed by atoms with Gasteiger partial charge in [0.25, 0.3) is 0 Å². The zero-order valence-electron chi connectivity index (χ0n) is 16.3. The van der Waals surface area contributed by atoms with Crippen LogP contribution in [0.25, 0.3) is 22.6 Å². The summed E-state index contributed by atoms with van der Waals surface area (Å²) in [6.45, 7) is 0.596. The quantitative estimate of drug-likeness (QED) is 0.482. The predicted octanol–water partition coefficient (Wildman–Crippen LogP) is 3.54. The van der Waals surface area contributed by atoms with Crippen molar-refractivity contribution in [1.29, 1.82) is 0 Å². The molecule has 1 aromatic carbocycles. The minimum Gasteiger partial charge on any atom is -0.404 e. The number of allylic oxidation sites excluding steroid dienone is 1. The fraction of sp³-hybridized carbons (Fsp3) is 0.0909. The van der Waals surface area contributed by atoms with Crippen LogP contribution in [0, 0.1) is 5.82 Å². The number of aliphatic imine (C=N–C) groups is 1. The molecule has 3 N–H and O–H groups in total. The molecule has 30 heavy (non-hydrogen) atoms. The minimum absolute atomic E-state index is 0.327. The van der Waals surface area contributed by atoms with Gasteiger partial charge in [0.1, 0.15) is 23.6 Å². The van der Waals surface area contributed by atoms with Gasteiger partial charge in [-0.15, -0.1) is 0 Å². The lowest BCUT2D eigenvalue weighted by Crippen LogP contribution is -2.03. The zero-order chi connectivity index (χ0) is 20.9. The van der Waals surface area contributed by atoms with Crippen molar-refractivity contribution in [2.75, 3.05) is 12.4 Å². The Balaban J connectivity index is 1.50. The number of fused-ring (bicyclic) bond motifs is 1. The number of nitrogens with one attached hydrogen (secondary N) is 1. The van der Waals surface area contributed by atoms with Crippen molar-refractivity contribution >= 4 is 23.3 Å². The highest BCUT2D eigenvalue weighted by Crippen LogP contribution is 2.21. The first kappa shape index (κ1) is 19.3. The molecule has 0 bridgehead atoms. The number of hydrogen-bond acceptors (Lipinski definition) is 6.